The molecule has 0 saturated heterocycles. The third-order valence-electron chi connectivity index (χ3n) is 6.70. The first kappa shape index (κ1) is 23.4. The summed E-state index contributed by atoms with van der Waals surface area (Å²) in [5.41, 5.74) is 4.92. The number of aryl methyl sites for hydroxylation is 1. The molecular formula is C27H29N5O2S. The third-order valence-corrected chi connectivity index (χ3v) is 7.63. The lowest BCUT2D eigenvalue weighted by atomic mass is 9.97. The van der Waals surface area contributed by atoms with E-state index >= 15 is 0 Å². The van der Waals surface area contributed by atoms with Crippen molar-refractivity contribution in [1.82, 2.24) is 24.5 Å². The highest BCUT2D eigenvalue weighted by atomic mass is 32.2. The summed E-state index contributed by atoms with van der Waals surface area (Å²) in [6.07, 6.45) is 8.04. The standard InChI is InChI=1S/C27H29N5O2S/c1-18-9-8-14-22(19(18)2)31-25(34)21-12-6-7-13-23(21)32-26(31)29-30-27(32)35-17-24(33)28-16-15-20-10-4-3-5-11-20/h6-10,12-14H,3-5,11,15-17H2,1-2H3,(H,28,33). The van der Waals surface area contributed by atoms with Crippen molar-refractivity contribution in [3.63, 3.8) is 0 Å². The van der Waals surface area contributed by atoms with Crippen molar-refractivity contribution in [2.75, 3.05) is 12.3 Å². The van der Waals surface area contributed by atoms with E-state index in [-0.39, 0.29) is 17.2 Å². The minimum absolute atomic E-state index is 0.0321. The maximum absolute atomic E-state index is 13.5. The van der Waals surface area contributed by atoms with E-state index in [1.807, 2.05) is 60.7 Å². The molecule has 1 aliphatic rings. The van der Waals surface area contributed by atoms with Crippen LogP contribution in [0.25, 0.3) is 22.4 Å². The third kappa shape index (κ3) is 4.62. The Kier molecular flexibility index (Phi) is 6.72. The van der Waals surface area contributed by atoms with E-state index in [9.17, 15) is 9.59 Å². The number of nitrogens with zero attached hydrogens (tertiary/aromatic N) is 4. The number of para-hydroxylation sites is 1. The first-order valence-corrected chi connectivity index (χ1v) is 13.1. The van der Waals surface area contributed by atoms with Gasteiger partial charge in [0.1, 0.15) is 0 Å². The van der Waals surface area contributed by atoms with Crippen molar-refractivity contribution in [3.8, 4) is 5.69 Å². The van der Waals surface area contributed by atoms with Gasteiger partial charge in [0, 0.05) is 6.54 Å². The molecule has 0 saturated carbocycles. The second kappa shape index (κ2) is 10.1. The van der Waals surface area contributed by atoms with Gasteiger partial charge < -0.3 is 5.32 Å². The van der Waals surface area contributed by atoms with Gasteiger partial charge in [-0.15, -0.1) is 10.2 Å². The molecular weight excluding hydrogens is 458 g/mol. The number of allylic oxidation sites excluding steroid dienone is 1. The van der Waals surface area contributed by atoms with Gasteiger partial charge in [0.2, 0.25) is 11.7 Å². The van der Waals surface area contributed by atoms with E-state index in [0.29, 0.717) is 22.9 Å². The van der Waals surface area contributed by atoms with E-state index in [1.165, 1.54) is 30.2 Å². The highest BCUT2D eigenvalue weighted by Gasteiger charge is 2.19. The SMILES string of the molecule is Cc1cccc(-n2c(=O)c3ccccc3n3c(SCC(=O)NCCC4=CCCCC4)nnc23)c1C. The fraction of sp³-hybridized carbons (Fsp3) is 0.333. The van der Waals surface area contributed by atoms with Gasteiger partial charge in [-0.2, -0.15) is 0 Å². The molecule has 2 aromatic heterocycles. The van der Waals surface area contributed by atoms with Crippen LogP contribution in [0.15, 0.2) is 64.1 Å². The van der Waals surface area contributed by atoms with E-state index in [2.05, 4.69) is 21.6 Å². The summed E-state index contributed by atoms with van der Waals surface area (Å²) in [6, 6.07) is 13.4. The zero-order chi connectivity index (χ0) is 24.4. The van der Waals surface area contributed by atoms with Crippen LogP contribution < -0.4 is 10.9 Å². The Hall–Kier alpha value is -3.39. The second-order valence-electron chi connectivity index (χ2n) is 8.99. The highest BCUT2D eigenvalue weighted by molar-refractivity contribution is 7.99. The number of aromatic nitrogens is 4. The maximum atomic E-state index is 13.5. The Morgan fingerprint density at radius 1 is 1.09 bits per heavy atom. The summed E-state index contributed by atoms with van der Waals surface area (Å²) in [6.45, 7) is 4.68. The van der Waals surface area contributed by atoms with Crippen molar-refractivity contribution < 1.29 is 4.79 Å². The molecule has 0 radical (unpaired) electrons. The van der Waals surface area contributed by atoms with Gasteiger partial charge in [-0.3, -0.25) is 14.0 Å². The zero-order valence-electron chi connectivity index (χ0n) is 20.1. The van der Waals surface area contributed by atoms with Crippen LogP contribution in [0.4, 0.5) is 0 Å². The van der Waals surface area contributed by atoms with Crippen molar-refractivity contribution in [3.05, 3.63) is 75.6 Å². The lowest BCUT2D eigenvalue weighted by molar-refractivity contribution is -0.118. The van der Waals surface area contributed by atoms with E-state index in [4.69, 9.17) is 0 Å². The first-order chi connectivity index (χ1) is 17.0. The number of nitrogens with one attached hydrogen (secondary N) is 1. The highest BCUT2D eigenvalue weighted by Crippen LogP contribution is 2.25. The van der Waals surface area contributed by atoms with Crippen LogP contribution in [-0.4, -0.2) is 37.4 Å². The van der Waals surface area contributed by atoms with Gasteiger partial charge in [-0.05, 0) is 75.3 Å². The van der Waals surface area contributed by atoms with Crippen LogP contribution in [0.2, 0.25) is 0 Å². The first-order valence-electron chi connectivity index (χ1n) is 12.1. The average molecular weight is 488 g/mol. The molecule has 35 heavy (non-hydrogen) atoms. The normalized spacial score (nSPS) is 13.8. The fourth-order valence-electron chi connectivity index (χ4n) is 4.64. The molecule has 0 bridgehead atoms. The van der Waals surface area contributed by atoms with Gasteiger partial charge >= 0.3 is 0 Å². The van der Waals surface area contributed by atoms with Gasteiger partial charge in [0.15, 0.2) is 5.16 Å². The van der Waals surface area contributed by atoms with Crippen LogP contribution in [-0.2, 0) is 4.79 Å². The lowest BCUT2D eigenvalue weighted by Gasteiger charge is -2.14. The Labute approximate surface area is 208 Å². The van der Waals surface area contributed by atoms with Crippen molar-refractivity contribution >= 4 is 34.3 Å². The molecule has 8 heteroatoms. The molecule has 0 unspecified atom stereocenters. The Bertz CT molecular complexity index is 1500. The predicted molar refractivity (Wildman–Crippen MR) is 140 cm³/mol. The number of rotatable bonds is 7. The van der Waals surface area contributed by atoms with Gasteiger partial charge in [-0.25, -0.2) is 4.57 Å². The number of hydrogen-bond donors (Lipinski definition) is 1. The van der Waals surface area contributed by atoms with E-state index in [1.54, 1.807) is 4.57 Å². The van der Waals surface area contributed by atoms with Crippen molar-refractivity contribution in [1.29, 1.82) is 0 Å². The molecule has 1 N–H and O–H groups in total. The minimum atomic E-state index is -0.138. The lowest BCUT2D eigenvalue weighted by Crippen LogP contribution is -2.26. The van der Waals surface area contributed by atoms with Crippen LogP contribution in [0.1, 0.15) is 43.2 Å². The maximum Gasteiger partial charge on any atom is 0.267 e. The van der Waals surface area contributed by atoms with Crippen LogP contribution in [0.3, 0.4) is 0 Å². The number of thioether (sulfide) groups is 1. The van der Waals surface area contributed by atoms with Crippen LogP contribution in [0.5, 0.6) is 0 Å². The van der Waals surface area contributed by atoms with Crippen LogP contribution >= 0.6 is 11.8 Å². The zero-order valence-corrected chi connectivity index (χ0v) is 20.9. The van der Waals surface area contributed by atoms with Gasteiger partial charge in [0.05, 0.1) is 22.3 Å². The number of hydrogen-bond acceptors (Lipinski definition) is 5. The second-order valence-corrected chi connectivity index (χ2v) is 9.93. The Morgan fingerprint density at radius 3 is 2.77 bits per heavy atom. The molecule has 0 atom stereocenters. The molecule has 7 nitrogen and oxygen atoms in total. The smallest absolute Gasteiger partial charge is 0.267 e. The summed E-state index contributed by atoms with van der Waals surface area (Å²) in [5, 5.41) is 13.0. The number of carbonyl (C=O) groups is 1. The predicted octanol–water partition coefficient (Wildman–Crippen LogP) is 4.75. The van der Waals surface area contributed by atoms with Gasteiger partial charge in [0.25, 0.3) is 5.56 Å². The summed E-state index contributed by atoms with van der Waals surface area (Å²) in [4.78, 5) is 26.1. The number of carbonyl (C=O) groups excluding carboxylic acids is 1. The molecule has 2 heterocycles. The molecule has 180 valence electrons. The average Bonchev–Trinajstić information content (AvgIpc) is 3.30. The van der Waals surface area contributed by atoms with Crippen molar-refractivity contribution in [2.45, 2.75) is 51.1 Å². The van der Waals surface area contributed by atoms with E-state index in [0.717, 1.165) is 41.6 Å². The molecule has 1 amide bonds. The Balaban J connectivity index is 1.45. The minimum Gasteiger partial charge on any atom is -0.355 e. The molecule has 4 aromatic rings. The monoisotopic (exact) mass is 487 g/mol. The quantitative estimate of drug-likeness (QED) is 0.301. The molecule has 0 spiro atoms. The molecule has 1 aliphatic carbocycles. The molecule has 0 fully saturated rings. The van der Waals surface area contributed by atoms with E-state index < -0.39 is 0 Å². The fourth-order valence-corrected chi connectivity index (χ4v) is 5.41. The summed E-state index contributed by atoms with van der Waals surface area (Å²) < 4.78 is 3.50. The molecule has 2 aromatic carbocycles. The molecule has 5 rings (SSSR count). The summed E-state index contributed by atoms with van der Waals surface area (Å²) in [7, 11) is 0. The largest absolute Gasteiger partial charge is 0.355 e. The molecule has 0 aliphatic heterocycles. The summed E-state index contributed by atoms with van der Waals surface area (Å²) in [5.74, 6) is 0.640. The number of fused-ring (bicyclic) bond motifs is 3. The number of amides is 1. The van der Waals surface area contributed by atoms with Crippen LogP contribution in [0, 0.1) is 13.8 Å². The summed E-state index contributed by atoms with van der Waals surface area (Å²) >= 11 is 1.33. The van der Waals surface area contributed by atoms with Gasteiger partial charge in [-0.1, -0.05) is 47.7 Å². The topological polar surface area (TPSA) is 81.3 Å². The Morgan fingerprint density at radius 2 is 1.94 bits per heavy atom. The number of benzene rings is 2. The van der Waals surface area contributed by atoms with Crippen molar-refractivity contribution in [2.24, 2.45) is 0 Å².